The van der Waals surface area contributed by atoms with Crippen molar-refractivity contribution in [2.24, 2.45) is 5.73 Å². The molecule has 0 aliphatic heterocycles. The summed E-state index contributed by atoms with van der Waals surface area (Å²) in [6, 6.07) is 0.552. The lowest BCUT2D eigenvalue weighted by Gasteiger charge is -2.14. The molecule has 1 aromatic rings. The number of esters is 1. The van der Waals surface area contributed by atoms with Crippen molar-refractivity contribution in [3.05, 3.63) is 21.3 Å². The van der Waals surface area contributed by atoms with Gasteiger partial charge in [-0.15, -0.1) is 23.7 Å². The van der Waals surface area contributed by atoms with E-state index in [1.165, 1.54) is 11.3 Å². The van der Waals surface area contributed by atoms with Gasteiger partial charge in [-0.1, -0.05) is 11.6 Å². The van der Waals surface area contributed by atoms with Gasteiger partial charge in [0.15, 0.2) is 0 Å². The van der Waals surface area contributed by atoms with Gasteiger partial charge in [0, 0.05) is 4.88 Å². The topological polar surface area (TPSA) is 52.3 Å². The summed E-state index contributed by atoms with van der Waals surface area (Å²) in [6.07, 6.45) is -1.87. The van der Waals surface area contributed by atoms with Gasteiger partial charge in [-0.25, -0.2) is 9.18 Å². The van der Waals surface area contributed by atoms with Gasteiger partial charge in [0.1, 0.15) is 0 Å². The smallest absolute Gasteiger partial charge is 0.342 e. The predicted octanol–water partition coefficient (Wildman–Crippen LogP) is 2.72. The van der Waals surface area contributed by atoms with E-state index in [1.807, 2.05) is 0 Å². The Hall–Kier alpha value is -0.360. The second kappa shape index (κ2) is 7.06. The van der Waals surface area contributed by atoms with Crippen LogP contribution in [0.25, 0.3) is 0 Å². The van der Waals surface area contributed by atoms with Crippen molar-refractivity contribution >= 4 is 41.3 Å². The van der Waals surface area contributed by atoms with Crippen molar-refractivity contribution in [2.75, 3.05) is 6.61 Å². The summed E-state index contributed by atoms with van der Waals surface area (Å²) in [6.45, 7) is 1.73. The van der Waals surface area contributed by atoms with Gasteiger partial charge >= 0.3 is 5.97 Å². The number of alkyl halides is 1. The molecule has 1 unspecified atom stereocenters. The van der Waals surface area contributed by atoms with E-state index in [0.717, 1.165) is 0 Å². The molecule has 7 heteroatoms. The maximum absolute atomic E-state index is 13.5. The lowest BCUT2D eigenvalue weighted by Crippen LogP contribution is -2.31. The minimum Gasteiger partial charge on any atom is -0.464 e. The molecule has 0 aliphatic rings. The van der Waals surface area contributed by atoms with Crippen LogP contribution in [0.4, 0.5) is 4.39 Å². The molecule has 92 valence electrons. The van der Waals surface area contributed by atoms with E-state index in [1.54, 1.807) is 18.4 Å². The highest BCUT2D eigenvalue weighted by Crippen LogP contribution is 2.30. The molecule has 2 N–H and O–H groups in total. The van der Waals surface area contributed by atoms with Gasteiger partial charge in [-0.05, 0) is 18.4 Å². The minimum atomic E-state index is -1.87. The number of halogens is 3. The van der Waals surface area contributed by atoms with Gasteiger partial charge in [0.2, 0.25) is 6.17 Å². The molecule has 2 atom stereocenters. The second-order valence-corrected chi connectivity index (χ2v) is 4.17. The molecule has 0 fully saturated rings. The summed E-state index contributed by atoms with van der Waals surface area (Å²) in [7, 11) is 0. The lowest BCUT2D eigenvalue weighted by molar-refractivity contribution is -0.149. The average Bonchev–Trinajstić information content (AvgIpc) is 2.62. The van der Waals surface area contributed by atoms with Crippen LogP contribution in [0.15, 0.2) is 11.4 Å². The first-order valence-electron chi connectivity index (χ1n) is 4.37. The third kappa shape index (κ3) is 3.59. The van der Waals surface area contributed by atoms with Crippen molar-refractivity contribution in [3.63, 3.8) is 0 Å². The van der Waals surface area contributed by atoms with Gasteiger partial charge < -0.3 is 10.5 Å². The van der Waals surface area contributed by atoms with E-state index in [0.29, 0.717) is 9.90 Å². The normalized spacial score (nSPS) is 13.8. The average molecular weight is 288 g/mol. The molecular weight excluding hydrogens is 276 g/mol. The second-order valence-electron chi connectivity index (χ2n) is 2.81. The van der Waals surface area contributed by atoms with Crippen LogP contribution in [0.3, 0.4) is 0 Å². The number of carbonyl (C=O) groups excluding carboxylic acids is 1. The summed E-state index contributed by atoms with van der Waals surface area (Å²) in [5, 5.41) is 2.06. The molecule has 0 aromatic carbocycles. The zero-order valence-corrected chi connectivity index (χ0v) is 10.9. The van der Waals surface area contributed by atoms with Crippen molar-refractivity contribution < 1.29 is 13.9 Å². The molecule has 0 saturated heterocycles. The number of nitrogens with two attached hydrogens (primary N) is 1. The van der Waals surface area contributed by atoms with Crippen LogP contribution >= 0.6 is 35.3 Å². The quantitative estimate of drug-likeness (QED) is 0.867. The molecule has 0 spiro atoms. The Bertz CT molecular complexity index is 348. The summed E-state index contributed by atoms with van der Waals surface area (Å²) in [5.74, 6) is -0.950. The fraction of sp³-hybridized carbons (Fsp3) is 0.444. The molecule has 0 aliphatic carbocycles. The Morgan fingerprint density at radius 3 is 2.81 bits per heavy atom. The van der Waals surface area contributed by atoms with E-state index < -0.39 is 18.2 Å². The number of rotatable bonds is 4. The Labute approximate surface area is 108 Å². The molecule has 0 radical (unpaired) electrons. The Balaban J connectivity index is 0.00000225. The summed E-state index contributed by atoms with van der Waals surface area (Å²) < 4.78 is 18.0. The van der Waals surface area contributed by atoms with Crippen molar-refractivity contribution in [1.29, 1.82) is 0 Å². The third-order valence-corrected chi connectivity index (χ3v) is 3.23. The van der Waals surface area contributed by atoms with Crippen LogP contribution in [-0.4, -0.2) is 18.7 Å². The number of hydrogen-bond donors (Lipinski definition) is 1. The molecular formula is C9H12Cl2FNO2S. The summed E-state index contributed by atoms with van der Waals surface area (Å²) >= 11 is 6.99. The Morgan fingerprint density at radius 2 is 2.38 bits per heavy atom. The van der Waals surface area contributed by atoms with Crippen molar-refractivity contribution in [1.82, 2.24) is 0 Å². The van der Waals surface area contributed by atoms with Crippen LogP contribution in [-0.2, 0) is 9.53 Å². The minimum absolute atomic E-state index is 0. The van der Waals surface area contributed by atoms with Crippen molar-refractivity contribution in [3.8, 4) is 0 Å². The first-order valence-corrected chi connectivity index (χ1v) is 5.62. The first kappa shape index (κ1) is 15.6. The summed E-state index contributed by atoms with van der Waals surface area (Å²) in [5.41, 5.74) is 5.57. The van der Waals surface area contributed by atoms with Crippen molar-refractivity contribution in [2.45, 2.75) is 19.1 Å². The zero-order valence-electron chi connectivity index (χ0n) is 8.48. The molecule has 1 aromatic heterocycles. The van der Waals surface area contributed by atoms with E-state index in [-0.39, 0.29) is 19.0 Å². The predicted molar refractivity (Wildman–Crippen MR) is 65.0 cm³/mol. The highest BCUT2D eigenvalue weighted by molar-refractivity contribution is 7.10. The van der Waals surface area contributed by atoms with Gasteiger partial charge in [-0.3, -0.25) is 0 Å². The van der Waals surface area contributed by atoms with Crippen LogP contribution < -0.4 is 5.73 Å². The Morgan fingerprint density at radius 1 is 1.75 bits per heavy atom. The van der Waals surface area contributed by atoms with E-state index in [9.17, 15) is 9.18 Å². The fourth-order valence-corrected chi connectivity index (χ4v) is 2.25. The van der Waals surface area contributed by atoms with Gasteiger partial charge in [-0.2, -0.15) is 0 Å². The molecule has 16 heavy (non-hydrogen) atoms. The number of ether oxygens (including phenoxy) is 1. The fourth-order valence-electron chi connectivity index (χ4n) is 1.04. The van der Waals surface area contributed by atoms with Crippen LogP contribution in [0.5, 0.6) is 0 Å². The van der Waals surface area contributed by atoms with Gasteiger partial charge in [0.25, 0.3) is 0 Å². The SMILES string of the molecule is CCOC(=O)C(F)[C@H](N)c1sccc1Cl.Cl. The highest BCUT2D eigenvalue weighted by Gasteiger charge is 2.29. The standard InChI is InChI=1S/C9H11ClFNO2S.ClH/c1-2-14-9(13)6(11)7(12)8-5(10)3-4-15-8;/h3-4,6-7H,2,12H2,1H3;1H/t6?,7-;/m0./s1. The van der Waals surface area contributed by atoms with E-state index in [2.05, 4.69) is 4.74 Å². The van der Waals surface area contributed by atoms with Gasteiger partial charge in [0.05, 0.1) is 17.7 Å². The number of hydrogen-bond acceptors (Lipinski definition) is 4. The molecule has 0 amide bonds. The number of carbonyl (C=O) groups is 1. The van der Waals surface area contributed by atoms with Crippen LogP contribution in [0.2, 0.25) is 5.02 Å². The number of thiophene rings is 1. The zero-order chi connectivity index (χ0) is 11.4. The first-order chi connectivity index (χ1) is 7.07. The maximum atomic E-state index is 13.5. The van der Waals surface area contributed by atoms with Crippen LogP contribution in [0, 0.1) is 0 Å². The monoisotopic (exact) mass is 287 g/mol. The van der Waals surface area contributed by atoms with Crippen LogP contribution in [0.1, 0.15) is 17.8 Å². The van der Waals surface area contributed by atoms with E-state index >= 15 is 0 Å². The summed E-state index contributed by atoms with van der Waals surface area (Å²) in [4.78, 5) is 11.5. The third-order valence-electron chi connectivity index (χ3n) is 1.77. The maximum Gasteiger partial charge on any atom is 0.342 e. The largest absolute Gasteiger partial charge is 0.464 e. The molecule has 0 saturated carbocycles. The molecule has 3 nitrogen and oxygen atoms in total. The molecule has 1 heterocycles. The Kier molecular flexibility index (Phi) is 6.90. The highest BCUT2D eigenvalue weighted by atomic mass is 35.5. The molecule has 1 rings (SSSR count). The van der Waals surface area contributed by atoms with E-state index in [4.69, 9.17) is 17.3 Å². The molecule has 0 bridgehead atoms. The lowest BCUT2D eigenvalue weighted by atomic mass is 10.1.